The number of ether oxygens (including phenoxy) is 2. The van der Waals surface area contributed by atoms with Crippen LogP contribution in [0.4, 0.5) is 0 Å². The van der Waals surface area contributed by atoms with Gasteiger partial charge in [0.1, 0.15) is 6.61 Å². The maximum Gasteiger partial charge on any atom is 0.306 e. The number of allylic oxidation sites excluding steroid dienone is 4. The van der Waals surface area contributed by atoms with Crippen molar-refractivity contribution in [3.63, 3.8) is 0 Å². The summed E-state index contributed by atoms with van der Waals surface area (Å²) in [4.78, 5) is 24.1. The highest BCUT2D eigenvalue weighted by Gasteiger charge is 2.16. The summed E-state index contributed by atoms with van der Waals surface area (Å²) in [5.41, 5.74) is 0. The van der Waals surface area contributed by atoms with Crippen molar-refractivity contribution in [2.24, 2.45) is 0 Å². The third-order valence-electron chi connectivity index (χ3n) is 7.47. The zero-order valence-electron chi connectivity index (χ0n) is 27.1. The van der Waals surface area contributed by atoms with Crippen LogP contribution in [-0.4, -0.2) is 36.4 Å². The molecule has 0 heterocycles. The van der Waals surface area contributed by atoms with Crippen LogP contribution in [0.25, 0.3) is 0 Å². The van der Waals surface area contributed by atoms with E-state index in [4.69, 9.17) is 9.47 Å². The van der Waals surface area contributed by atoms with Crippen LogP contribution in [0.2, 0.25) is 0 Å². The Kier molecular flexibility index (Phi) is 31.6. The van der Waals surface area contributed by atoms with Gasteiger partial charge < -0.3 is 14.6 Å². The molecule has 0 aliphatic rings. The van der Waals surface area contributed by atoms with E-state index in [-0.39, 0.29) is 25.2 Å². The van der Waals surface area contributed by atoms with Crippen molar-refractivity contribution in [2.45, 2.75) is 180 Å². The summed E-state index contributed by atoms with van der Waals surface area (Å²) in [6, 6.07) is 0. The highest BCUT2D eigenvalue weighted by atomic mass is 16.6. The van der Waals surface area contributed by atoms with Gasteiger partial charge in [0.2, 0.25) is 0 Å². The maximum absolute atomic E-state index is 12.1. The van der Waals surface area contributed by atoms with Gasteiger partial charge in [0.15, 0.2) is 6.10 Å². The van der Waals surface area contributed by atoms with Gasteiger partial charge in [0.05, 0.1) is 6.61 Å². The van der Waals surface area contributed by atoms with Crippen molar-refractivity contribution < 1.29 is 24.2 Å². The lowest BCUT2D eigenvalue weighted by Gasteiger charge is -2.15. The van der Waals surface area contributed by atoms with Crippen molar-refractivity contribution in [1.82, 2.24) is 0 Å². The van der Waals surface area contributed by atoms with E-state index in [0.717, 1.165) is 38.5 Å². The molecule has 5 heteroatoms. The van der Waals surface area contributed by atoms with E-state index in [1.807, 2.05) is 0 Å². The first kappa shape index (κ1) is 39.4. The second kappa shape index (κ2) is 32.9. The van der Waals surface area contributed by atoms with Crippen LogP contribution in [0, 0.1) is 0 Å². The molecule has 0 aromatic carbocycles. The van der Waals surface area contributed by atoms with Crippen LogP contribution in [0.5, 0.6) is 0 Å². The molecule has 0 aromatic heterocycles. The summed E-state index contributed by atoms with van der Waals surface area (Å²) in [5, 5.41) is 9.50. The Morgan fingerprint density at radius 3 is 1.39 bits per heavy atom. The third-order valence-corrected chi connectivity index (χ3v) is 7.47. The molecular formula is C36H66O5. The number of aliphatic hydroxyl groups excluding tert-OH is 1. The van der Waals surface area contributed by atoms with Crippen LogP contribution in [0.15, 0.2) is 24.3 Å². The average molecular weight is 579 g/mol. The minimum atomic E-state index is -0.771. The smallest absolute Gasteiger partial charge is 0.306 e. The van der Waals surface area contributed by atoms with E-state index in [9.17, 15) is 14.7 Å². The molecule has 1 N–H and O–H groups in total. The molecule has 0 amide bonds. The molecule has 0 saturated heterocycles. The summed E-state index contributed by atoms with van der Waals surface area (Å²) in [7, 11) is 0. The Morgan fingerprint density at radius 2 is 0.927 bits per heavy atom. The summed E-state index contributed by atoms with van der Waals surface area (Å²) < 4.78 is 10.5. The van der Waals surface area contributed by atoms with Crippen molar-refractivity contribution >= 4 is 11.9 Å². The predicted octanol–water partition coefficient (Wildman–Crippen LogP) is 10.3. The van der Waals surface area contributed by atoms with E-state index < -0.39 is 6.10 Å². The van der Waals surface area contributed by atoms with Gasteiger partial charge in [-0.1, -0.05) is 128 Å². The minimum absolute atomic E-state index is 0.0693. The van der Waals surface area contributed by atoms with E-state index in [1.54, 1.807) is 0 Å². The van der Waals surface area contributed by atoms with Crippen LogP contribution in [-0.2, 0) is 19.1 Å². The molecule has 0 aliphatic carbocycles. The van der Waals surface area contributed by atoms with Gasteiger partial charge in [-0.05, 0) is 57.8 Å². The van der Waals surface area contributed by atoms with Crippen molar-refractivity contribution in [3.05, 3.63) is 24.3 Å². The topological polar surface area (TPSA) is 72.8 Å². The fraction of sp³-hybridized carbons (Fsp3) is 0.833. The third kappa shape index (κ3) is 31.2. The molecule has 0 aromatic rings. The molecule has 240 valence electrons. The molecule has 0 unspecified atom stereocenters. The quantitative estimate of drug-likeness (QED) is 0.0503. The Bertz CT molecular complexity index is 627. The van der Waals surface area contributed by atoms with Crippen molar-refractivity contribution in [3.8, 4) is 0 Å². The Morgan fingerprint density at radius 1 is 0.537 bits per heavy atom. The zero-order valence-corrected chi connectivity index (χ0v) is 27.1. The first-order chi connectivity index (χ1) is 20.1. The van der Waals surface area contributed by atoms with Gasteiger partial charge in [-0.25, -0.2) is 0 Å². The molecule has 0 aliphatic heterocycles. The number of hydrogen-bond donors (Lipinski definition) is 1. The lowest BCUT2D eigenvalue weighted by atomic mass is 10.1. The minimum Gasteiger partial charge on any atom is -0.462 e. The fourth-order valence-corrected chi connectivity index (χ4v) is 4.76. The number of carbonyl (C=O) groups is 2. The Hall–Kier alpha value is -1.62. The number of hydrogen-bond acceptors (Lipinski definition) is 5. The SMILES string of the molecule is CCCC/C=C\CCCCCCCCC(=O)OC[C@H](CO)OC(=O)CCCCCCCC/C=C/CCCCCCC. The van der Waals surface area contributed by atoms with Gasteiger partial charge in [-0.15, -0.1) is 0 Å². The lowest BCUT2D eigenvalue weighted by molar-refractivity contribution is -0.161. The molecule has 0 bridgehead atoms. The number of rotatable bonds is 31. The summed E-state index contributed by atoms with van der Waals surface area (Å²) in [6.45, 7) is 4.07. The maximum atomic E-state index is 12.1. The zero-order chi connectivity index (χ0) is 30.1. The van der Waals surface area contributed by atoms with Gasteiger partial charge in [-0.3, -0.25) is 9.59 Å². The highest BCUT2D eigenvalue weighted by Crippen LogP contribution is 2.12. The number of aliphatic hydroxyl groups is 1. The Labute approximate surface area is 253 Å². The first-order valence-electron chi connectivity index (χ1n) is 17.4. The summed E-state index contributed by atoms with van der Waals surface area (Å²) >= 11 is 0. The second-order valence-corrected chi connectivity index (χ2v) is 11.6. The number of carbonyl (C=O) groups excluding carboxylic acids is 2. The second-order valence-electron chi connectivity index (χ2n) is 11.6. The molecule has 0 rings (SSSR count). The average Bonchev–Trinajstić information content (AvgIpc) is 2.97. The van der Waals surface area contributed by atoms with Crippen molar-refractivity contribution in [2.75, 3.05) is 13.2 Å². The van der Waals surface area contributed by atoms with Crippen molar-refractivity contribution in [1.29, 1.82) is 0 Å². The largest absolute Gasteiger partial charge is 0.462 e. The van der Waals surface area contributed by atoms with Crippen LogP contribution in [0.1, 0.15) is 174 Å². The molecule has 0 fully saturated rings. The van der Waals surface area contributed by atoms with E-state index in [1.165, 1.54) is 109 Å². The normalized spacial score (nSPS) is 12.4. The van der Waals surface area contributed by atoms with Crippen LogP contribution >= 0.6 is 0 Å². The van der Waals surface area contributed by atoms with Gasteiger partial charge in [0, 0.05) is 12.8 Å². The Balaban J connectivity index is 3.59. The monoisotopic (exact) mass is 578 g/mol. The molecule has 0 spiro atoms. The predicted molar refractivity (Wildman–Crippen MR) is 173 cm³/mol. The highest BCUT2D eigenvalue weighted by molar-refractivity contribution is 5.70. The van der Waals surface area contributed by atoms with Crippen LogP contribution in [0.3, 0.4) is 0 Å². The van der Waals surface area contributed by atoms with Gasteiger partial charge in [-0.2, -0.15) is 0 Å². The fourth-order valence-electron chi connectivity index (χ4n) is 4.76. The molecule has 0 saturated carbocycles. The summed E-state index contributed by atoms with van der Waals surface area (Å²) in [5.74, 6) is -0.606. The first-order valence-corrected chi connectivity index (χ1v) is 17.4. The van der Waals surface area contributed by atoms with E-state index >= 15 is 0 Å². The molecule has 1 atom stereocenters. The number of esters is 2. The molecular weight excluding hydrogens is 512 g/mol. The van der Waals surface area contributed by atoms with Gasteiger partial charge in [0.25, 0.3) is 0 Å². The number of unbranched alkanes of at least 4 members (excludes halogenated alkanes) is 19. The molecule has 0 radical (unpaired) electrons. The van der Waals surface area contributed by atoms with Gasteiger partial charge >= 0.3 is 11.9 Å². The van der Waals surface area contributed by atoms with Crippen LogP contribution < -0.4 is 0 Å². The standard InChI is InChI=1S/C36H66O5/c1-3-5-7-9-11-13-15-17-18-19-21-23-25-27-29-31-36(39)41-34(32-37)33-40-35(38)30-28-26-24-22-20-16-14-12-10-8-6-4-2/h10,12,15,17,34,37H,3-9,11,13-14,16,18-33H2,1-2H3/b12-10-,17-15+/t34-/m0/s1. The summed E-state index contributed by atoms with van der Waals surface area (Å²) in [6.07, 6.45) is 36.5. The molecule has 41 heavy (non-hydrogen) atoms. The van der Waals surface area contributed by atoms with E-state index in [2.05, 4.69) is 38.2 Å². The molecule has 5 nitrogen and oxygen atoms in total. The van der Waals surface area contributed by atoms with E-state index in [0.29, 0.717) is 12.8 Å². The lowest BCUT2D eigenvalue weighted by Crippen LogP contribution is -2.28.